The van der Waals surface area contributed by atoms with Crippen LogP contribution in [0.25, 0.3) is 0 Å². The monoisotopic (exact) mass is 89.0 g/mol. The quantitative estimate of drug-likeness (QED) is 0.386. The van der Waals surface area contributed by atoms with Gasteiger partial charge in [0.15, 0.2) is 0 Å². The number of rotatable bonds is 1. The van der Waals surface area contributed by atoms with Gasteiger partial charge in [0.25, 0.3) is 0 Å². The molecule has 0 aromatic carbocycles. The van der Waals surface area contributed by atoms with Gasteiger partial charge in [0.05, 0.1) is 0 Å². The number of hydrogen-bond donors (Lipinski definition) is 2. The summed E-state index contributed by atoms with van der Waals surface area (Å²) in [6.45, 7) is 0. The van der Waals surface area contributed by atoms with E-state index < -0.39 is 6.03 Å². The van der Waals surface area contributed by atoms with Gasteiger partial charge in [-0.1, -0.05) is 5.43 Å². The minimum atomic E-state index is -1.00. The van der Waals surface area contributed by atoms with E-state index in [0.29, 0.717) is 0 Å². The van der Waals surface area contributed by atoms with Crippen LogP contribution >= 0.6 is 0 Å². The predicted octanol–water partition coefficient (Wildman–Crippen LogP) is -1.42. The van der Waals surface area contributed by atoms with Crippen molar-refractivity contribution in [3.63, 3.8) is 0 Å². The third-order valence-electron chi connectivity index (χ3n) is 0.143. The van der Waals surface area contributed by atoms with Gasteiger partial charge in [-0.25, -0.2) is 4.79 Å². The third-order valence-corrected chi connectivity index (χ3v) is 0.143. The largest absolute Gasteiger partial charge is 0.353 e. The van der Waals surface area contributed by atoms with Crippen LogP contribution in [-0.4, -0.2) is 11.2 Å². The van der Waals surface area contributed by atoms with E-state index in [9.17, 15) is 4.79 Å². The number of carbonyl (C=O) groups excluding carboxylic acids is 1. The Morgan fingerprint density at radius 2 is 2.33 bits per heavy atom. The van der Waals surface area contributed by atoms with Crippen LogP contribution in [0, 0.1) is 0 Å². The number of nitrogens with two attached hydrogens (primary N) is 1. The lowest BCUT2D eigenvalue weighted by Gasteiger charge is -1.80. The van der Waals surface area contributed by atoms with Crippen molar-refractivity contribution in [3.8, 4) is 0 Å². The molecule has 0 atom stereocenters. The Morgan fingerprint density at radius 1 is 1.83 bits per heavy atom. The van der Waals surface area contributed by atoms with E-state index in [1.807, 2.05) is 0 Å². The molecule has 0 aromatic heterocycles. The summed E-state index contributed by atoms with van der Waals surface area (Å²) < 4.78 is 0. The molecule has 5 heteroatoms. The van der Waals surface area contributed by atoms with Crippen LogP contribution in [0.5, 0.6) is 0 Å². The van der Waals surface area contributed by atoms with Crippen molar-refractivity contribution in [1.82, 2.24) is 11.0 Å². The zero-order valence-electron chi connectivity index (χ0n) is 2.83. The van der Waals surface area contributed by atoms with Crippen LogP contribution in [0.1, 0.15) is 0 Å². The zero-order chi connectivity index (χ0) is 4.99. The molecule has 0 unspecified atom stereocenters. The molecule has 2 radical (unpaired) electrons. The molecule has 0 fully saturated rings. The number of nitrogens with zero attached hydrogens (tertiary/aromatic N) is 2. The zero-order valence-corrected chi connectivity index (χ0v) is 2.83. The number of hydrogen-bond acceptors (Lipinski definition) is 2. The highest BCUT2D eigenvalue weighted by molar-refractivity contribution is 5.70. The molecule has 0 aromatic rings. The fourth-order valence-electron chi connectivity index (χ4n) is 0.0441. The molecular formula is CH3N3O2. The number of amides is 2. The summed E-state index contributed by atoms with van der Waals surface area (Å²) in [4.78, 5) is 9.40. The fourth-order valence-corrected chi connectivity index (χ4v) is 0.0441. The first-order chi connectivity index (χ1) is 2.77. The minimum Gasteiger partial charge on any atom is -0.349 e. The molecule has 0 rings (SSSR count). The maximum absolute atomic E-state index is 9.40. The van der Waals surface area contributed by atoms with Crippen LogP contribution in [-0.2, 0) is 0 Å². The van der Waals surface area contributed by atoms with Crippen molar-refractivity contribution in [3.05, 3.63) is 0 Å². The molecule has 2 amide bonds. The lowest BCUT2D eigenvalue weighted by molar-refractivity contribution is 0.115. The van der Waals surface area contributed by atoms with Crippen molar-refractivity contribution in [2.24, 2.45) is 5.73 Å². The van der Waals surface area contributed by atoms with E-state index >= 15 is 0 Å². The molecule has 0 spiro atoms. The van der Waals surface area contributed by atoms with E-state index in [-0.39, 0.29) is 0 Å². The minimum absolute atomic E-state index is 1.00. The molecule has 0 bridgehead atoms. The first kappa shape index (κ1) is 5.19. The van der Waals surface area contributed by atoms with E-state index in [2.05, 4.69) is 16.7 Å². The number of primary amides is 1. The molecule has 6 heavy (non-hydrogen) atoms. The third kappa shape index (κ3) is 3.19. The second kappa shape index (κ2) is 2.43. The van der Waals surface area contributed by atoms with Gasteiger partial charge >= 0.3 is 6.03 Å². The maximum Gasteiger partial charge on any atom is 0.353 e. The van der Waals surface area contributed by atoms with Gasteiger partial charge in [0.1, 0.15) is 0 Å². The van der Waals surface area contributed by atoms with Crippen molar-refractivity contribution in [2.75, 3.05) is 0 Å². The Kier molecular flexibility index (Phi) is 2.10. The Balaban J connectivity index is 2.83. The fraction of sp³-hybridized carbons (Fsp3) is 0. The van der Waals surface area contributed by atoms with Crippen LogP contribution < -0.4 is 16.7 Å². The summed E-state index contributed by atoms with van der Waals surface area (Å²) in [6.07, 6.45) is 0. The lowest BCUT2D eigenvalue weighted by atomic mass is 11.2. The molecule has 5 nitrogen and oxygen atoms in total. The van der Waals surface area contributed by atoms with Crippen LogP contribution in [0.3, 0.4) is 0 Å². The van der Waals surface area contributed by atoms with Crippen molar-refractivity contribution in [1.29, 1.82) is 0 Å². The van der Waals surface area contributed by atoms with Crippen LogP contribution in [0.2, 0.25) is 0 Å². The Bertz CT molecular complexity index is 52.8. The predicted molar refractivity (Wildman–Crippen MR) is 15.6 cm³/mol. The maximum atomic E-state index is 9.40. The van der Waals surface area contributed by atoms with Gasteiger partial charge < -0.3 is 5.73 Å². The van der Waals surface area contributed by atoms with Gasteiger partial charge in [0, 0.05) is 5.59 Å². The normalized spacial score (nSPS) is 7.50. The molecule has 0 aliphatic rings. The summed E-state index contributed by atoms with van der Waals surface area (Å²) in [6, 6.07) is -1.00. The van der Waals surface area contributed by atoms with E-state index in [4.69, 9.17) is 5.21 Å². The van der Waals surface area contributed by atoms with Gasteiger partial charge in [-0.05, 0) is 0 Å². The van der Waals surface area contributed by atoms with Gasteiger partial charge in [0.2, 0.25) is 0 Å². The SMILES string of the molecule is NC(=O)[N][N]O. The Morgan fingerprint density at radius 3 is 2.33 bits per heavy atom. The smallest absolute Gasteiger partial charge is 0.349 e. The van der Waals surface area contributed by atoms with Crippen LogP contribution in [0.15, 0.2) is 0 Å². The van der Waals surface area contributed by atoms with E-state index in [1.165, 1.54) is 0 Å². The lowest BCUT2D eigenvalue weighted by Crippen LogP contribution is -2.26. The van der Waals surface area contributed by atoms with Crippen LogP contribution in [0.4, 0.5) is 4.79 Å². The topological polar surface area (TPSA) is 91.5 Å². The van der Waals surface area contributed by atoms with Crippen molar-refractivity contribution in [2.45, 2.75) is 0 Å². The average Bonchev–Trinajstić information content (AvgIpc) is 1.35. The Hall–Kier alpha value is -0.810. The van der Waals surface area contributed by atoms with Gasteiger partial charge in [-0.3, -0.25) is 5.21 Å². The molecule has 0 saturated heterocycles. The highest BCUT2D eigenvalue weighted by atomic mass is 16.5. The van der Waals surface area contributed by atoms with E-state index in [1.54, 1.807) is 0 Å². The number of carbonyl (C=O) groups is 1. The summed E-state index contributed by atoms with van der Waals surface area (Å²) in [7, 11) is 0. The molecular weight excluding hydrogens is 86.0 g/mol. The highest BCUT2D eigenvalue weighted by Gasteiger charge is 1.87. The molecule has 3 N–H and O–H groups in total. The summed E-state index contributed by atoms with van der Waals surface area (Å²) in [5.74, 6) is 0. The molecule has 0 heterocycles. The second-order valence-electron chi connectivity index (χ2n) is 0.528. The summed E-state index contributed by atoms with van der Waals surface area (Å²) >= 11 is 0. The van der Waals surface area contributed by atoms with Gasteiger partial charge in [-0.15, -0.1) is 0 Å². The molecule has 0 saturated carbocycles. The highest BCUT2D eigenvalue weighted by Crippen LogP contribution is 1.46. The first-order valence-corrected chi connectivity index (χ1v) is 1.12. The average molecular weight is 89.1 g/mol. The second-order valence-corrected chi connectivity index (χ2v) is 0.528. The van der Waals surface area contributed by atoms with E-state index in [0.717, 1.165) is 0 Å². The molecule has 34 valence electrons. The van der Waals surface area contributed by atoms with Crippen molar-refractivity contribution >= 4 is 6.03 Å². The molecule has 0 aliphatic carbocycles. The van der Waals surface area contributed by atoms with Crippen molar-refractivity contribution < 1.29 is 10.0 Å². The number of urea groups is 1. The Labute approximate surface area is 34.1 Å². The first-order valence-electron chi connectivity index (χ1n) is 1.12. The van der Waals surface area contributed by atoms with Gasteiger partial charge in [-0.2, -0.15) is 0 Å². The summed E-state index contributed by atoms with van der Waals surface area (Å²) in [5.41, 5.74) is 8.87. The standard InChI is InChI=1S/CH3N3O2/c2-1(5)3-4-6/h6H,(H2,2,5). The summed E-state index contributed by atoms with van der Waals surface area (Å²) in [5, 5.41) is 7.39. The molecule has 0 aliphatic heterocycles.